The average Bonchev–Trinajstić information content (AvgIpc) is 3.56. The van der Waals surface area contributed by atoms with Crippen LogP contribution in [0.25, 0.3) is 63.3 Å². The fraction of sp³-hybridized carbons (Fsp3) is 0. The summed E-state index contributed by atoms with van der Waals surface area (Å²) in [5.74, 6) is 0. The van der Waals surface area contributed by atoms with Crippen LogP contribution in [0.3, 0.4) is 0 Å². The van der Waals surface area contributed by atoms with E-state index in [1.54, 1.807) is 0 Å². The van der Waals surface area contributed by atoms with Crippen LogP contribution in [-0.4, -0.2) is 0 Å². The normalized spacial score (nSPS) is 11.4. The van der Waals surface area contributed by atoms with Crippen molar-refractivity contribution in [2.75, 3.05) is 0 Å². The summed E-state index contributed by atoms with van der Waals surface area (Å²) in [4.78, 5) is 2.56. The Balaban J connectivity index is 1.69. The van der Waals surface area contributed by atoms with Crippen molar-refractivity contribution < 1.29 is 0 Å². The monoisotopic (exact) mass is 572 g/mol. The average molecular weight is 574 g/mol. The molecule has 0 spiro atoms. The first-order chi connectivity index (χ1) is 18.3. The summed E-state index contributed by atoms with van der Waals surface area (Å²) in [5, 5.41) is 2.61. The van der Waals surface area contributed by atoms with E-state index >= 15 is 0 Å². The van der Waals surface area contributed by atoms with Crippen LogP contribution >= 0.6 is 38.6 Å². The topological polar surface area (TPSA) is 0 Å². The van der Waals surface area contributed by atoms with Crippen LogP contribution in [-0.2, 0) is 0 Å². The molecule has 0 amide bonds. The van der Waals surface area contributed by atoms with Crippen LogP contribution in [0, 0.1) is 0 Å². The molecule has 0 aliphatic carbocycles. The number of benzene rings is 5. The van der Waals surface area contributed by atoms with Crippen molar-refractivity contribution in [3.63, 3.8) is 0 Å². The van der Waals surface area contributed by atoms with E-state index in [1.165, 1.54) is 67.8 Å². The van der Waals surface area contributed by atoms with Gasteiger partial charge in [-0.25, -0.2) is 0 Å². The Morgan fingerprint density at radius 1 is 0.459 bits per heavy atom. The summed E-state index contributed by atoms with van der Waals surface area (Å²) in [6.45, 7) is 0. The molecule has 0 saturated carbocycles. The van der Waals surface area contributed by atoms with E-state index in [-0.39, 0.29) is 0 Å². The van der Waals surface area contributed by atoms with Gasteiger partial charge in [0.25, 0.3) is 0 Å². The minimum absolute atomic E-state index is 1.18. The molecule has 2 aromatic heterocycles. The highest BCUT2D eigenvalue weighted by molar-refractivity contribution is 9.10. The van der Waals surface area contributed by atoms with Crippen molar-refractivity contribution in [3.05, 3.63) is 132 Å². The zero-order valence-corrected chi connectivity index (χ0v) is 23.0. The Labute approximate surface area is 232 Å². The van der Waals surface area contributed by atoms with E-state index in [4.69, 9.17) is 0 Å². The van der Waals surface area contributed by atoms with Gasteiger partial charge in [0, 0.05) is 45.5 Å². The lowest BCUT2D eigenvalue weighted by atomic mass is 9.91. The maximum Gasteiger partial charge on any atom is 0.0498 e. The maximum absolute atomic E-state index is 4.08. The molecule has 0 aliphatic rings. The molecule has 7 rings (SSSR count). The molecule has 3 heteroatoms. The Morgan fingerprint density at radius 3 is 1.46 bits per heavy atom. The summed E-state index contributed by atoms with van der Waals surface area (Å²) in [6.07, 6.45) is 0. The van der Waals surface area contributed by atoms with Crippen LogP contribution in [0.5, 0.6) is 0 Å². The second-order valence-corrected chi connectivity index (χ2v) is 11.9. The number of fused-ring (bicyclic) bond motifs is 3. The molecule has 0 nitrogen and oxygen atoms in total. The molecular weight excluding hydrogens is 552 g/mol. The lowest BCUT2D eigenvalue weighted by Crippen LogP contribution is -1.87. The van der Waals surface area contributed by atoms with E-state index in [0.29, 0.717) is 0 Å². The van der Waals surface area contributed by atoms with E-state index in [9.17, 15) is 0 Å². The lowest BCUT2D eigenvalue weighted by molar-refractivity contribution is 1.65. The predicted octanol–water partition coefficient (Wildman–Crippen LogP) is 11.5. The highest BCUT2D eigenvalue weighted by atomic mass is 79.9. The molecule has 5 aromatic carbocycles. The Kier molecular flexibility index (Phi) is 5.78. The van der Waals surface area contributed by atoms with Gasteiger partial charge in [-0.15, -0.1) is 22.7 Å². The Bertz CT molecular complexity index is 1850. The molecule has 7 aromatic rings. The zero-order chi connectivity index (χ0) is 24.8. The van der Waals surface area contributed by atoms with Gasteiger partial charge in [0.15, 0.2) is 0 Å². The van der Waals surface area contributed by atoms with Crippen molar-refractivity contribution in [1.29, 1.82) is 0 Å². The number of thiophene rings is 2. The van der Waals surface area contributed by atoms with Gasteiger partial charge in [0.1, 0.15) is 0 Å². The lowest BCUT2D eigenvalue weighted by Gasteiger charge is -2.14. The van der Waals surface area contributed by atoms with Gasteiger partial charge in [-0.05, 0) is 44.3 Å². The molecule has 0 radical (unpaired) electrons. The third-order valence-corrected chi connectivity index (χ3v) is 10.3. The summed E-state index contributed by atoms with van der Waals surface area (Å²) in [5.41, 5.74) is 7.62. The van der Waals surface area contributed by atoms with Gasteiger partial charge in [0.05, 0.1) is 0 Å². The predicted molar refractivity (Wildman–Crippen MR) is 167 cm³/mol. The maximum atomic E-state index is 4.08. The van der Waals surface area contributed by atoms with Crippen molar-refractivity contribution >= 4 is 58.8 Å². The second kappa shape index (κ2) is 9.42. The van der Waals surface area contributed by atoms with E-state index in [2.05, 4.69) is 143 Å². The third-order valence-electron chi connectivity index (χ3n) is 6.77. The Hall–Kier alpha value is -3.50. The summed E-state index contributed by atoms with van der Waals surface area (Å²) >= 11 is 7.86. The van der Waals surface area contributed by atoms with Gasteiger partial charge in [0.2, 0.25) is 0 Å². The molecule has 0 bridgehead atoms. The van der Waals surface area contributed by atoms with Crippen LogP contribution in [0.1, 0.15) is 0 Å². The van der Waals surface area contributed by atoms with Crippen LogP contribution in [0.4, 0.5) is 0 Å². The molecule has 176 valence electrons. The van der Waals surface area contributed by atoms with Crippen molar-refractivity contribution in [2.24, 2.45) is 0 Å². The first-order valence-corrected chi connectivity index (χ1v) is 14.7. The van der Waals surface area contributed by atoms with E-state index in [0.717, 1.165) is 0 Å². The summed E-state index contributed by atoms with van der Waals surface area (Å²) in [7, 11) is 0. The first kappa shape index (κ1) is 22.7. The number of rotatable bonds is 4. The highest BCUT2D eigenvalue weighted by Gasteiger charge is 2.25. The van der Waals surface area contributed by atoms with Crippen LogP contribution < -0.4 is 0 Å². The molecule has 37 heavy (non-hydrogen) atoms. The van der Waals surface area contributed by atoms with Crippen molar-refractivity contribution in [1.82, 2.24) is 0 Å². The highest BCUT2D eigenvalue weighted by Crippen LogP contribution is 2.55. The second-order valence-electron chi connectivity index (χ2n) is 9.02. The minimum atomic E-state index is 1.18. The van der Waals surface area contributed by atoms with E-state index in [1.807, 2.05) is 22.7 Å². The van der Waals surface area contributed by atoms with Crippen molar-refractivity contribution in [3.8, 4) is 43.1 Å². The van der Waals surface area contributed by atoms with Gasteiger partial charge in [-0.2, -0.15) is 0 Å². The summed E-state index contributed by atoms with van der Waals surface area (Å²) < 4.78 is 3.83. The minimum Gasteiger partial charge on any atom is -0.135 e. The van der Waals surface area contributed by atoms with Crippen LogP contribution in [0.15, 0.2) is 132 Å². The summed E-state index contributed by atoms with van der Waals surface area (Å²) in [6, 6.07) is 45.6. The Morgan fingerprint density at radius 2 is 0.919 bits per heavy atom. The fourth-order valence-corrected chi connectivity index (χ4v) is 8.64. The van der Waals surface area contributed by atoms with Crippen molar-refractivity contribution in [2.45, 2.75) is 0 Å². The molecule has 0 aliphatic heterocycles. The number of hydrogen-bond acceptors (Lipinski definition) is 2. The SMILES string of the molecule is Brc1c(-c2ccccc2)sc2c(-c3ccccc3)c(-c3ccccc3)c3sc(-c4ccccc4)cc3c12. The fourth-order valence-electron chi connectivity index (χ4n) is 5.10. The molecule has 2 heterocycles. The molecule has 0 N–H and O–H groups in total. The molecule has 0 atom stereocenters. The molecular formula is C34H21BrS2. The third kappa shape index (κ3) is 3.86. The van der Waals surface area contributed by atoms with E-state index < -0.39 is 0 Å². The standard InChI is InChI=1S/C34H21BrS2/c35-31-30-26-21-27(22-13-5-1-6-14-22)36-33(26)28(23-15-7-2-8-16-23)29(24-17-9-3-10-18-24)34(30)37-32(31)25-19-11-4-12-20-25/h1-21H. The van der Waals surface area contributed by atoms with Crippen LogP contribution in [0.2, 0.25) is 0 Å². The molecule has 0 unspecified atom stereocenters. The first-order valence-electron chi connectivity index (χ1n) is 12.2. The van der Waals surface area contributed by atoms with Gasteiger partial charge in [-0.1, -0.05) is 121 Å². The largest absolute Gasteiger partial charge is 0.135 e. The van der Waals surface area contributed by atoms with Gasteiger partial charge < -0.3 is 0 Å². The quantitative estimate of drug-likeness (QED) is 0.196. The molecule has 0 saturated heterocycles. The zero-order valence-electron chi connectivity index (χ0n) is 19.8. The van der Waals surface area contributed by atoms with Gasteiger partial charge >= 0.3 is 0 Å². The number of halogens is 1. The molecule has 0 fully saturated rings. The number of hydrogen-bond donors (Lipinski definition) is 0. The van der Waals surface area contributed by atoms with Gasteiger partial charge in [-0.3, -0.25) is 0 Å². The smallest absolute Gasteiger partial charge is 0.0498 e.